The van der Waals surface area contributed by atoms with E-state index in [9.17, 15) is 0 Å². The van der Waals surface area contributed by atoms with Gasteiger partial charge in [-0.1, -0.05) is 24.5 Å². The van der Waals surface area contributed by atoms with Gasteiger partial charge in [0.15, 0.2) is 0 Å². The third kappa shape index (κ3) is 0.894. The Morgan fingerprint density at radius 2 is 2.25 bits per heavy atom. The monoisotopic (exact) mass is 113 g/mol. The fourth-order valence-corrected chi connectivity index (χ4v) is 0.460. The van der Waals surface area contributed by atoms with Gasteiger partial charge >= 0.3 is 0 Å². The molecule has 4 heteroatoms. The summed E-state index contributed by atoms with van der Waals surface area (Å²) in [5, 5.41) is 11.2. The van der Waals surface area contributed by atoms with Gasteiger partial charge in [0.25, 0.3) is 0 Å². The van der Waals surface area contributed by atoms with Crippen LogP contribution in [0.25, 0.3) is 0 Å². The largest absolute Gasteiger partial charge is 0.216 e. The van der Waals surface area contributed by atoms with E-state index in [0.717, 1.165) is 5.84 Å². The fourth-order valence-electron chi connectivity index (χ4n) is 0.460. The highest BCUT2D eigenvalue weighted by molar-refractivity contribution is 5.83. The molecular formula is C4H9N4+. The summed E-state index contributed by atoms with van der Waals surface area (Å²) >= 11 is 0. The van der Waals surface area contributed by atoms with Crippen LogP contribution in [-0.2, 0) is 0 Å². The first kappa shape index (κ1) is 5.37. The summed E-state index contributed by atoms with van der Waals surface area (Å²) in [4.78, 5) is 0. The van der Waals surface area contributed by atoms with Crippen LogP contribution >= 0.6 is 0 Å². The Labute approximate surface area is 47.7 Å². The first-order valence-electron chi connectivity index (χ1n) is 2.61. The third-order valence-electron chi connectivity index (χ3n) is 0.918. The molecule has 0 fully saturated rings. The van der Waals surface area contributed by atoms with E-state index in [1.165, 1.54) is 5.53 Å². The van der Waals surface area contributed by atoms with Crippen LogP contribution in [0.3, 0.4) is 0 Å². The lowest BCUT2D eigenvalue weighted by Crippen LogP contribution is -2.69. The molecule has 0 unspecified atom stereocenters. The molecule has 44 valence electrons. The zero-order valence-corrected chi connectivity index (χ0v) is 5.00. The molecule has 4 nitrogen and oxygen atoms in total. The maximum atomic E-state index is 3.89. The maximum absolute atomic E-state index is 3.89. The molecule has 0 aromatic carbocycles. The van der Waals surface area contributed by atoms with Crippen LogP contribution < -0.4 is 5.53 Å². The van der Waals surface area contributed by atoms with Gasteiger partial charge < -0.3 is 0 Å². The number of nitrogens with two attached hydrogens (primary N) is 1. The van der Waals surface area contributed by atoms with Gasteiger partial charge in [-0.25, -0.2) is 0 Å². The number of amidine groups is 1. The maximum Gasteiger partial charge on any atom is 0.216 e. The molecule has 0 radical (unpaired) electrons. The minimum absolute atomic E-state index is 0.400. The van der Waals surface area contributed by atoms with Gasteiger partial charge in [-0.2, -0.15) is 0 Å². The predicted octanol–water partition coefficient (Wildman–Crippen LogP) is -0.0999. The van der Waals surface area contributed by atoms with Crippen molar-refractivity contribution in [3.8, 4) is 0 Å². The lowest BCUT2D eigenvalue weighted by atomic mass is 10.2. The second kappa shape index (κ2) is 2.00. The molecule has 1 rings (SSSR count). The number of hydrogen-bond acceptors (Lipinski definition) is 3. The highest BCUT2D eigenvalue weighted by Gasteiger charge is 2.09. The van der Waals surface area contributed by atoms with E-state index in [1.807, 2.05) is 13.8 Å². The van der Waals surface area contributed by atoms with Crippen molar-refractivity contribution in [2.75, 3.05) is 0 Å². The predicted molar refractivity (Wildman–Crippen MR) is 29.1 cm³/mol. The highest BCUT2D eigenvalue weighted by atomic mass is 15.6. The Balaban J connectivity index is 2.58. The van der Waals surface area contributed by atoms with Gasteiger partial charge in [0.2, 0.25) is 5.84 Å². The van der Waals surface area contributed by atoms with Crippen LogP contribution in [-0.4, -0.2) is 5.84 Å². The average Bonchev–Trinajstić information content (AvgIpc) is 2.12. The summed E-state index contributed by atoms with van der Waals surface area (Å²) in [7, 11) is 0. The summed E-state index contributed by atoms with van der Waals surface area (Å²) < 4.78 is 0. The lowest BCUT2D eigenvalue weighted by Gasteiger charge is -1.90. The van der Waals surface area contributed by atoms with Crippen LogP contribution in [0.2, 0.25) is 0 Å². The van der Waals surface area contributed by atoms with E-state index in [-0.39, 0.29) is 0 Å². The standard InChI is InChI=1S/C4H8N4/c1-3(2)4-5-7-8-6-4/h3H,1-2H3,(H,5,6,7,8)/p+1. The molecule has 1 aliphatic rings. The van der Waals surface area contributed by atoms with Crippen LogP contribution in [0.1, 0.15) is 13.8 Å². The van der Waals surface area contributed by atoms with Crippen molar-refractivity contribution in [3.63, 3.8) is 0 Å². The molecule has 0 aromatic rings. The summed E-state index contributed by atoms with van der Waals surface area (Å²) in [6.45, 7) is 4.08. The summed E-state index contributed by atoms with van der Waals surface area (Å²) in [5.41, 5.74) is 1.47. The normalized spacial score (nSPS) is 17.6. The van der Waals surface area contributed by atoms with Crippen LogP contribution in [0.5, 0.6) is 0 Å². The zero-order valence-electron chi connectivity index (χ0n) is 5.00. The second-order valence-electron chi connectivity index (χ2n) is 1.97. The van der Waals surface area contributed by atoms with Gasteiger partial charge in [-0.15, -0.1) is 0 Å². The lowest BCUT2D eigenvalue weighted by molar-refractivity contribution is -0.668. The van der Waals surface area contributed by atoms with Crippen molar-refractivity contribution in [3.05, 3.63) is 0 Å². The molecule has 0 saturated heterocycles. The number of hydrogen-bond donors (Lipinski definition) is 1. The Kier molecular flexibility index (Phi) is 1.34. The zero-order chi connectivity index (χ0) is 5.98. The summed E-state index contributed by atoms with van der Waals surface area (Å²) in [6, 6.07) is 0. The van der Waals surface area contributed by atoms with E-state index < -0.39 is 0 Å². The molecule has 1 heterocycles. The van der Waals surface area contributed by atoms with Crippen molar-refractivity contribution in [1.29, 1.82) is 0 Å². The SMILES string of the molecule is CC(C)C1=N[NH2+]N=N1. The molecule has 0 amide bonds. The molecule has 8 heavy (non-hydrogen) atoms. The van der Waals surface area contributed by atoms with E-state index in [0.29, 0.717) is 5.92 Å². The molecular weight excluding hydrogens is 104 g/mol. The van der Waals surface area contributed by atoms with Crippen molar-refractivity contribution >= 4 is 5.84 Å². The Hall–Kier alpha value is -0.770. The highest BCUT2D eigenvalue weighted by Crippen LogP contribution is 1.97. The van der Waals surface area contributed by atoms with E-state index in [2.05, 4.69) is 15.4 Å². The minimum Gasteiger partial charge on any atom is -0.0780 e. The molecule has 0 saturated carbocycles. The van der Waals surface area contributed by atoms with Crippen molar-refractivity contribution < 1.29 is 5.53 Å². The van der Waals surface area contributed by atoms with Gasteiger partial charge in [-0.3, -0.25) is 0 Å². The number of quaternary nitrogens is 1. The average molecular weight is 113 g/mol. The van der Waals surface area contributed by atoms with Crippen LogP contribution in [0.4, 0.5) is 0 Å². The molecule has 0 aromatic heterocycles. The van der Waals surface area contributed by atoms with Crippen LogP contribution in [0.15, 0.2) is 15.4 Å². The molecule has 0 spiro atoms. The molecule has 0 bridgehead atoms. The minimum atomic E-state index is 0.400. The quantitative estimate of drug-likeness (QED) is 0.462. The molecule has 2 N–H and O–H groups in total. The fraction of sp³-hybridized carbons (Fsp3) is 0.750. The molecule has 0 aliphatic carbocycles. The second-order valence-corrected chi connectivity index (χ2v) is 1.97. The number of rotatable bonds is 1. The first-order valence-corrected chi connectivity index (χ1v) is 2.61. The van der Waals surface area contributed by atoms with E-state index in [1.54, 1.807) is 0 Å². The Morgan fingerprint density at radius 1 is 1.50 bits per heavy atom. The smallest absolute Gasteiger partial charge is 0.0780 e. The first-order chi connectivity index (χ1) is 3.80. The van der Waals surface area contributed by atoms with Gasteiger partial charge in [0.05, 0.1) is 5.22 Å². The van der Waals surface area contributed by atoms with Crippen molar-refractivity contribution in [1.82, 2.24) is 0 Å². The van der Waals surface area contributed by atoms with Crippen LogP contribution in [0, 0.1) is 5.92 Å². The van der Waals surface area contributed by atoms with Crippen molar-refractivity contribution in [2.24, 2.45) is 21.4 Å². The van der Waals surface area contributed by atoms with E-state index >= 15 is 0 Å². The van der Waals surface area contributed by atoms with Gasteiger partial charge in [0, 0.05) is 5.92 Å². The topological polar surface area (TPSA) is 53.7 Å². The Bertz CT molecular complexity index is 135. The van der Waals surface area contributed by atoms with E-state index in [4.69, 9.17) is 0 Å². The van der Waals surface area contributed by atoms with Gasteiger partial charge in [0.1, 0.15) is 0 Å². The molecule has 1 aliphatic heterocycles. The summed E-state index contributed by atoms with van der Waals surface area (Å²) in [6.07, 6.45) is 0. The third-order valence-corrected chi connectivity index (χ3v) is 0.918. The van der Waals surface area contributed by atoms with Gasteiger partial charge in [-0.05, 0) is 5.10 Å². The summed E-state index contributed by atoms with van der Waals surface area (Å²) in [5.74, 6) is 1.22. The Morgan fingerprint density at radius 3 is 2.50 bits per heavy atom. The number of nitrogens with zero attached hydrogens (tertiary/aromatic N) is 3. The molecule has 0 atom stereocenters. The van der Waals surface area contributed by atoms with Crippen molar-refractivity contribution in [2.45, 2.75) is 13.8 Å².